The molecule has 1 aromatic carbocycles. The molecule has 0 bridgehead atoms. The van der Waals surface area contributed by atoms with Crippen LogP contribution in [0.25, 0.3) is 11.5 Å². The van der Waals surface area contributed by atoms with Gasteiger partial charge < -0.3 is 30.1 Å². The van der Waals surface area contributed by atoms with Gasteiger partial charge in [0.2, 0.25) is 11.8 Å². The molecule has 15 nitrogen and oxygen atoms in total. The minimum absolute atomic E-state index is 0.0358. The Bertz CT molecular complexity index is 1630. The normalized spacial score (nSPS) is 15.2. The Labute approximate surface area is 262 Å². The van der Waals surface area contributed by atoms with Gasteiger partial charge in [-0.1, -0.05) is 11.2 Å². The van der Waals surface area contributed by atoms with Crippen molar-refractivity contribution in [1.29, 1.82) is 5.26 Å². The highest BCUT2D eigenvalue weighted by atomic mass is 16.5. The quantitative estimate of drug-likeness (QED) is 0.212. The van der Waals surface area contributed by atoms with Gasteiger partial charge in [-0.3, -0.25) is 19.3 Å². The number of hydrogen-bond acceptors (Lipinski definition) is 12. The SMILES string of the molecule is BC(B)(B)NC(=O)c1nnc(NC(=O)C2CC2)cc1Nc1cccc(-c2nc(CN3CCN(C(=O)CC#N)CC3)no2)c1OC. The summed E-state index contributed by atoms with van der Waals surface area (Å²) in [6, 6.07) is 8.79. The number of aromatic nitrogens is 4. The second-order valence-corrected chi connectivity index (χ2v) is 12.0. The Hall–Kier alpha value is -4.91. The molecule has 0 radical (unpaired) electrons. The van der Waals surface area contributed by atoms with Crippen LogP contribution >= 0.6 is 0 Å². The molecule has 230 valence electrons. The molecule has 1 aliphatic carbocycles. The molecular weight excluding hydrogens is 577 g/mol. The van der Waals surface area contributed by atoms with Crippen molar-refractivity contribution in [3.63, 3.8) is 0 Å². The first-order valence-electron chi connectivity index (χ1n) is 14.7. The average Bonchev–Trinajstić information content (AvgIpc) is 3.75. The number of hydrogen-bond donors (Lipinski definition) is 3. The molecule has 0 spiro atoms. The van der Waals surface area contributed by atoms with E-state index in [-0.39, 0.29) is 41.6 Å². The number of ether oxygens (including phenoxy) is 1. The fourth-order valence-electron chi connectivity index (χ4n) is 4.82. The molecule has 0 atom stereocenters. The van der Waals surface area contributed by atoms with Crippen LogP contribution in [-0.2, 0) is 16.1 Å². The molecule has 45 heavy (non-hydrogen) atoms. The Kier molecular flexibility index (Phi) is 9.38. The number of nitriles is 1. The molecule has 1 aliphatic heterocycles. The van der Waals surface area contributed by atoms with E-state index in [1.165, 1.54) is 7.11 Å². The van der Waals surface area contributed by atoms with Gasteiger partial charge in [0.15, 0.2) is 23.1 Å². The van der Waals surface area contributed by atoms with Crippen LogP contribution in [0.3, 0.4) is 0 Å². The molecule has 18 heteroatoms. The Morgan fingerprint density at radius 1 is 1.13 bits per heavy atom. The van der Waals surface area contributed by atoms with Gasteiger partial charge in [-0.05, 0) is 30.2 Å². The minimum atomic E-state index is -0.523. The van der Waals surface area contributed by atoms with Crippen LogP contribution in [0.4, 0.5) is 17.2 Å². The summed E-state index contributed by atoms with van der Waals surface area (Å²) < 4.78 is 11.4. The number of piperazine rings is 1. The molecule has 2 aliphatic rings. The number of nitrogens with zero attached hydrogens (tertiary/aromatic N) is 7. The van der Waals surface area contributed by atoms with Crippen LogP contribution in [0.2, 0.25) is 0 Å². The molecular formula is C27H33B3N10O5. The highest BCUT2D eigenvalue weighted by Gasteiger charge is 2.30. The van der Waals surface area contributed by atoms with E-state index in [1.54, 1.807) is 29.2 Å². The minimum Gasteiger partial charge on any atom is -0.494 e. The van der Waals surface area contributed by atoms with Gasteiger partial charge in [0.1, 0.15) is 30.0 Å². The molecule has 3 amide bonds. The summed E-state index contributed by atoms with van der Waals surface area (Å²) in [5, 5.41) is 29.5. The topological polar surface area (TPSA) is 191 Å². The van der Waals surface area contributed by atoms with Crippen molar-refractivity contribution in [1.82, 2.24) is 35.5 Å². The van der Waals surface area contributed by atoms with E-state index in [1.807, 2.05) is 29.6 Å². The fraction of sp³-hybridized carbons (Fsp3) is 0.407. The smallest absolute Gasteiger partial charge is 0.272 e. The maximum absolute atomic E-state index is 13.2. The predicted molar refractivity (Wildman–Crippen MR) is 171 cm³/mol. The van der Waals surface area contributed by atoms with Crippen molar-refractivity contribution in [2.24, 2.45) is 5.92 Å². The summed E-state index contributed by atoms with van der Waals surface area (Å²) in [7, 11) is 7.09. The van der Waals surface area contributed by atoms with Crippen LogP contribution < -0.4 is 20.7 Å². The maximum Gasteiger partial charge on any atom is 0.272 e. The van der Waals surface area contributed by atoms with E-state index in [4.69, 9.17) is 14.5 Å². The van der Waals surface area contributed by atoms with Crippen molar-refractivity contribution < 1.29 is 23.6 Å². The summed E-state index contributed by atoms with van der Waals surface area (Å²) in [5.74, 6) is 0.540. The van der Waals surface area contributed by atoms with Gasteiger partial charge >= 0.3 is 0 Å². The summed E-state index contributed by atoms with van der Waals surface area (Å²) >= 11 is 0. The van der Waals surface area contributed by atoms with E-state index in [9.17, 15) is 14.4 Å². The number of anilines is 3. The maximum atomic E-state index is 13.2. The van der Waals surface area contributed by atoms with Gasteiger partial charge in [-0.2, -0.15) is 10.2 Å². The first-order valence-corrected chi connectivity index (χ1v) is 14.7. The Morgan fingerprint density at radius 3 is 2.56 bits per heavy atom. The first-order chi connectivity index (χ1) is 21.5. The number of carbonyl (C=O) groups is 3. The largest absolute Gasteiger partial charge is 0.494 e. The number of nitrogens with one attached hydrogen (secondary N) is 3. The number of benzene rings is 1. The second kappa shape index (κ2) is 13.4. The molecule has 3 N–H and O–H groups in total. The van der Waals surface area contributed by atoms with Crippen molar-refractivity contribution >= 4 is 58.5 Å². The number of amides is 3. The summed E-state index contributed by atoms with van der Waals surface area (Å²) in [6.45, 7) is 2.72. The lowest BCUT2D eigenvalue weighted by molar-refractivity contribution is -0.132. The fourth-order valence-corrected chi connectivity index (χ4v) is 4.82. The Morgan fingerprint density at radius 2 is 1.89 bits per heavy atom. The summed E-state index contributed by atoms with van der Waals surface area (Å²) in [4.78, 5) is 46.0. The third-order valence-electron chi connectivity index (χ3n) is 7.20. The van der Waals surface area contributed by atoms with E-state index in [0.29, 0.717) is 61.2 Å². The van der Waals surface area contributed by atoms with Crippen molar-refractivity contribution in [3.05, 3.63) is 35.8 Å². The average molecular weight is 610 g/mol. The summed E-state index contributed by atoms with van der Waals surface area (Å²) in [5.41, 5.74) is 1.37. The molecule has 1 saturated heterocycles. The second-order valence-electron chi connectivity index (χ2n) is 12.0. The Balaban J connectivity index is 1.36. The van der Waals surface area contributed by atoms with Crippen LogP contribution in [0, 0.1) is 17.2 Å². The lowest BCUT2D eigenvalue weighted by Crippen LogP contribution is -2.50. The highest BCUT2D eigenvalue weighted by Crippen LogP contribution is 2.38. The number of carbonyl (C=O) groups excluding carboxylic acids is 3. The molecule has 3 aromatic rings. The van der Waals surface area contributed by atoms with Gasteiger partial charge in [0, 0.05) is 38.2 Å². The van der Waals surface area contributed by atoms with E-state index < -0.39 is 11.1 Å². The first kappa shape index (κ1) is 31.5. The zero-order valence-corrected chi connectivity index (χ0v) is 25.7. The summed E-state index contributed by atoms with van der Waals surface area (Å²) in [6.07, 6.45) is 1.54. The molecule has 5 rings (SSSR count). The van der Waals surface area contributed by atoms with Crippen molar-refractivity contribution in [2.45, 2.75) is 31.0 Å². The van der Waals surface area contributed by atoms with Gasteiger partial charge in [0.25, 0.3) is 11.8 Å². The monoisotopic (exact) mass is 610 g/mol. The van der Waals surface area contributed by atoms with E-state index >= 15 is 0 Å². The number of methoxy groups -OCH3 is 1. The van der Waals surface area contributed by atoms with E-state index in [0.717, 1.165) is 12.8 Å². The number of para-hydroxylation sites is 1. The molecule has 2 fully saturated rings. The highest BCUT2D eigenvalue weighted by molar-refractivity contribution is 6.60. The lowest BCUT2D eigenvalue weighted by atomic mass is 9.49. The molecule has 2 aromatic heterocycles. The van der Waals surface area contributed by atoms with Crippen LogP contribution in [0.15, 0.2) is 28.8 Å². The third kappa shape index (κ3) is 7.98. The predicted octanol–water partition coefficient (Wildman–Crippen LogP) is -1.57. The standard InChI is InChI=1S/C27H33B3N10O5/c1-44-23-16(26-34-20(38-45-26)14-39-9-11-40(12-10-39)21(41)7-8-31)3-2-4-17(23)32-18-13-19(33-24(42)15-5-6-15)36-37-22(18)25(43)35-27(28,29)30/h2-4,13,15H,5-7,9-12,14,28-30H2,1H3,(H,35,43)(H2,32,33,36,42). The van der Waals surface area contributed by atoms with Gasteiger partial charge in [-0.25, -0.2) is 0 Å². The van der Waals surface area contributed by atoms with E-state index in [2.05, 4.69) is 41.2 Å². The molecule has 3 heterocycles. The zero-order valence-electron chi connectivity index (χ0n) is 25.7. The third-order valence-corrected chi connectivity index (χ3v) is 7.20. The number of rotatable bonds is 11. The van der Waals surface area contributed by atoms with Crippen LogP contribution in [0.1, 0.15) is 35.6 Å². The zero-order chi connectivity index (χ0) is 32.1. The molecule has 0 unspecified atom stereocenters. The van der Waals surface area contributed by atoms with Crippen molar-refractivity contribution in [3.8, 4) is 23.3 Å². The van der Waals surface area contributed by atoms with Crippen molar-refractivity contribution in [2.75, 3.05) is 43.9 Å². The lowest BCUT2D eigenvalue weighted by Gasteiger charge is -2.33. The molecule has 1 saturated carbocycles. The van der Waals surface area contributed by atoms with Gasteiger partial charge in [-0.15, -0.1) is 10.2 Å². The van der Waals surface area contributed by atoms with Crippen LogP contribution in [-0.4, -0.2) is 110 Å². The van der Waals surface area contributed by atoms with Crippen LogP contribution in [0.5, 0.6) is 5.75 Å². The van der Waals surface area contributed by atoms with Gasteiger partial charge in [0.05, 0.1) is 36.7 Å².